The van der Waals surface area contributed by atoms with E-state index in [1.807, 2.05) is 20.8 Å². The number of aliphatic imine (C=N–C) groups is 1. The summed E-state index contributed by atoms with van der Waals surface area (Å²) in [6.45, 7) is 8.27. The third-order valence-corrected chi connectivity index (χ3v) is 4.09. The van der Waals surface area contributed by atoms with Crippen molar-refractivity contribution < 1.29 is 14.3 Å². The van der Waals surface area contributed by atoms with E-state index in [1.54, 1.807) is 7.05 Å². The third-order valence-electron chi connectivity index (χ3n) is 4.09. The van der Waals surface area contributed by atoms with Crippen molar-refractivity contribution >= 4 is 12.1 Å². The Morgan fingerprint density at radius 1 is 1.00 bits per heavy atom. The van der Waals surface area contributed by atoms with Crippen LogP contribution in [0.1, 0.15) is 65.7 Å². The van der Waals surface area contributed by atoms with Crippen LogP contribution < -0.4 is 16.0 Å². The van der Waals surface area contributed by atoms with Crippen LogP contribution in [0.4, 0.5) is 4.79 Å². The van der Waals surface area contributed by atoms with Gasteiger partial charge in [0.25, 0.3) is 0 Å². The quantitative estimate of drug-likeness (QED) is 0.265. The van der Waals surface area contributed by atoms with E-state index in [-0.39, 0.29) is 6.09 Å². The molecule has 1 fully saturated rings. The molecule has 0 radical (unpaired) electrons. The molecule has 26 heavy (non-hydrogen) atoms. The van der Waals surface area contributed by atoms with Crippen LogP contribution in [-0.2, 0) is 9.47 Å². The van der Waals surface area contributed by atoms with Gasteiger partial charge in [-0.1, -0.05) is 25.7 Å². The topological polar surface area (TPSA) is 84.0 Å². The zero-order valence-electron chi connectivity index (χ0n) is 17.0. The first-order chi connectivity index (χ1) is 12.4. The molecular weight excluding hydrogens is 332 g/mol. The van der Waals surface area contributed by atoms with Gasteiger partial charge in [-0.05, 0) is 40.0 Å². The molecule has 1 amide bonds. The van der Waals surface area contributed by atoms with Crippen LogP contribution in [0.3, 0.4) is 0 Å². The molecule has 0 unspecified atom stereocenters. The van der Waals surface area contributed by atoms with Gasteiger partial charge in [0.2, 0.25) is 0 Å². The Kier molecular flexibility index (Phi) is 11.1. The van der Waals surface area contributed by atoms with Gasteiger partial charge in [0.15, 0.2) is 5.96 Å². The van der Waals surface area contributed by atoms with E-state index in [2.05, 4.69) is 20.9 Å². The molecular formula is C19H38N4O3. The van der Waals surface area contributed by atoms with Gasteiger partial charge in [-0.15, -0.1) is 0 Å². The number of nitrogens with zero attached hydrogens (tertiary/aromatic N) is 1. The van der Waals surface area contributed by atoms with E-state index in [4.69, 9.17) is 9.47 Å². The van der Waals surface area contributed by atoms with Crippen molar-refractivity contribution in [2.75, 3.05) is 33.3 Å². The second-order valence-electron chi connectivity index (χ2n) is 7.69. The number of alkyl carbamates (subject to hydrolysis) is 1. The molecule has 1 aliphatic carbocycles. The maximum atomic E-state index is 11.5. The van der Waals surface area contributed by atoms with Crippen LogP contribution in [0.5, 0.6) is 0 Å². The summed E-state index contributed by atoms with van der Waals surface area (Å²) in [4.78, 5) is 15.7. The summed E-state index contributed by atoms with van der Waals surface area (Å²) < 4.78 is 11.1. The molecule has 0 saturated heterocycles. The van der Waals surface area contributed by atoms with Gasteiger partial charge in [-0.3, -0.25) is 4.99 Å². The van der Waals surface area contributed by atoms with Crippen LogP contribution in [0.25, 0.3) is 0 Å². The van der Waals surface area contributed by atoms with E-state index in [0.717, 1.165) is 25.5 Å². The van der Waals surface area contributed by atoms with Crippen LogP contribution in [-0.4, -0.2) is 57.0 Å². The number of rotatable bonds is 8. The van der Waals surface area contributed by atoms with E-state index in [1.165, 1.54) is 38.5 Å². The van der Waals surface area contributed by atoms with Crippen molar-refractivity contribution in [3.63, 3.8) is 0 Å². The number of carbonyl (C=O) groups is 1. The Labute approximate surface area is 158 Å². The minimum Gasteiger partial charge on any atom is -0.444 e. The summed E-state index contributed by atoms with van der Waals surface area (Å²) in [5.41, 5.74) is -0.465. The number of hydrogen-bond donors (Lipinski definition) is 3. The minimum atomic E-state index is -0.465. The first-order valence-electron chi connectivity index (χ1n) is 9.93. The molecule has 1 rings (SSSR count). The molecule has 0 atom stereocenters. The monoisotopic (exact) mass is 370 g/mol. The number of hydrogen-bond acceptors (Lipinski definition) is 4. The lowest BCUT2D eigenvalue weighted by Crippen LogP contribution is -2.40. The van der Waals surface area contributed by atoms with Crippen molar-refractivity contribution in [1.82, 2.24) is 16.0 Å². The highest BCUT2D eigenvalue weighted by atomic mass is 16.6. The maximum Gasteiger partial charge on any atom is 0.407 e. The Morgan fingerprint density at radius 3 is 2.23 bits per heavy atom. The number of carbonyl (C=O) groups excluding carboxylic acids is 1. The number of ether oxygens (including phenoxy) is 2. The van der Waals surface area contributed by atoms with Crippen LogP contribution in [0.2, 0.25) is 0 Å². The zero-order valence-corrected chi connectivity index (χ0v) is 17.0. The minimum absolute atomic E-state index is 0.379. The SMILES string of the molecule is CN=C(NCCCNC(=O)OC(C)(C)C)NCCOC1CCCCCC1. The molecule has 0 aromatic rings. The highest BCUT2D eigenvalue weighted by Crippen LogP contribution is 2.19. The van der Waals surface area contributed by atoms with Gasteiger partial charge < -0.3 is 25.4 Å². The van der Waals surface area contributed by atoms with Gasteiger partial charge >= 0.3 is 6.09 Å². The van der Waals surface area contributed by atoms with Gasteiger partial charge in [0.1, 0.15) is 5.60 Å². The summed E-state index contributed by atoms with van der Waals surface area (Å²) >= 11 is 0. The summed E-state index contributed by atoms with van der Waals surface area (Å²) in [7, 11) is 1.75. The van der Waals surface area contributed by atoms with Crippen molar-refractivity contribution in [1.29, 1.82) is 0 Å². The Balaban J connectivity index is 2.03. The molecule has 7 nitrogen and oxygen atoms in total. The van der Waals surface area contributed by atoms with Crippen LogP contribution >= 0.6 is 0 Å². The van der Waals surface area contributed by atoms with Gasteiger partial charge in [-0.25, -0.2) is 4.79 Å². The second kappa shape index (κ2) is 12.8. The first kappa shape index (κ1) is 22.5. The second-order valence-corrected chi connectivity index (χ2v) is 7.69. The summed E-state index contributed by atoms with van der Waals surface area (Å²) in [5, 5.41) is 9.23. The zero-order chi connectivity index (χ0) is 19.3. The fraction of sp³-hybridized carbons (Fsp3) is 0.895. The average Bonchev–Trinajstić information content (AvgIpc) is 2.83. The van der Waals surface area contributed by atoms with Crippen molar-refractivity contribution in [3.8, 4) is 0 Å². The molecule has 0 aromatic carbocycles. The number of guanidine groups is 1. The summed E-state index contributed by atoms with van der Waals surface area (Å²) in [6, 6.07) is 0. The molecule has 0 heterocycles. The standard InChI is InChI=1S/C19H38N4O3/c1-19(2,3)26-18(24)23-13-9-12-21-17(20-4)22-14-15-25-16-10-7-5-6-8-11-16/h16H,5-15H2,1-4H3,(H,23,24)(H2,20,21,22). The Morgan fingerprint density at radius 2 is 1.62 bits per heavy atom. The normalized spacial score (nSPS) is 16.7. The molecule has 152 valence electrons. The van der Waals surface area contributed by atoms with Crippen LogP contribution in [0, 0.1) is 0 Å². The predicted octanol–water partition coefficient (Wildman–Crippen LogP) is 2.81. The number of nitrogens with one attached hydrogen (secondary N) is 3. The summed E-state index contributed by atoms with van der Waals surface area (Å²) in [5.74, 6) is 0.756. The lowest BCUT2D eigenvalue weighted by atomic mass is 10.1. The smallest absolute Gasteiger partial charge is 0.407 e. The van der Waals surface area contributed by atoms with E-state index >= 15 is 0 Å². The average molecular weight is 371 g/mol. The lowest BCUT2D eigenvalue weighted by molar-refractivity contribution is 0.0467. The fourth-order valence-corrected chi connectivity index (χ4v) is 2.82. The van der Waals surface area contributed by atoms with E-state index < -0.39 is 5.60 Å². The molecule has 0 bridgehead atoms. The Bertz CT molecular complexity index is 413. The molecule has 3 N–H and O–H groups in total. The lowest BCUT2D eigenvalue weighted by Gasteiger charge is -2.19. The van der Waals surface area contributed by atoms with Crippen molar-refractivity contribution in [2.24, 2.45) is 4.99 Å². The number of amides is 1. The van der Waals surface area contributed by atoms with Crippen LogP contribution in [0.15, 0.2) is 4.99 Å². The molecule has 0 aliphatic heterocycles. The highest BCUT2D eigenvalue weighted by Gasteiger charge is 2.15. The molecule has 1 saturated carbocycles. The summed E-state index contributed by atoms with van der Waals surface area (Å²) in [6.07, 6.45) is 8.49. The first-order valence-corrected chi connectivity index (χ1v) is 9.93. The van der Waals surface area contributed by atoms with Gasteiger partial charge in [0.05, 0.1) is 12.7 Å². The molecule has 1 aliphatic rings. The van der Waals surface area contributed by atoms with E-state index in [0.29, 0.717) is 19.3 Å². The molecule has 7 heteroatoms. The largest absolute Gasteiger partial charge is 0.444 e. The van der Waals surface area contributed by atoms with Crippen molar-refractivity contribution in [3.05, 3.63) is 0 Å². The van der Waals surface area contributed by atoms with Gasteiger partial charge in [-0.2, -0.15) is 0 Å². The van der Waals surface area contributed by atoms with Crippen molar-refractivity contribution in [2.45, 2.75) is 77.4 Å². The Hall–Kier alpha value is -1.50. The maximum absolute atomic E-state index is 11.5. The predicted molar refractivity (Wildman–Crippen MR) is 106 cm³/mol. The fourth-order valence-electron chi connectivity index (χ4n) is 2.82. The third kappa shape index (κ3) is 12.0. The molecule has 0 spiro atoms. The highest BCUT2D eigenvalue weighted by molar-refractivity contribution is 5.79. The van der Waals surface area contributed by atoms with Gasteiger partial charge in [0, 0.05) is 26.7 Å². The van der Waals surface area contributed by atoms with E-state index in [9.17, 15) is 4.79 Å². The molecule has 0 aromatic heterocycles.